The molecule has 0 aliphatic carbocycles. The molecule has 2 N–H and O–H groups in total. The van der Waals surface area contributed by atoms with Crippen LogP contribution in [0, 0.1) is 0 Å². The zero-order valence-corrected chi connectivity index (χ0v) is 7.96. The van der Waals surface area contributed by atoms with Crippen molar-refractivity contribution < 1.29 is 32.6 Å². The topological polar surface area (TPSA) is 75.6 Å². The summed E-state index contributed by atoms with van der Waals surface area (Å²) in [5, 5.41) is 10.3. The first-order valence-corrected chi connectivity index (χ1v) is 3.83. The molecule has 88 valence electrons. The quantitative estimate of drug-likeness (QED) is 0.645. The number of hydrogen-bond donors (Lipinski definition) is 2. The van der Waals surface area contributed by atoms with Crippen LogP contribution in [0.5, 0.6) is 0 Å². The molecule has 0 aromatic carbocycles. The second-order valence-electron chi connectivity index (χ2n) is 2.71. The van der Waals surface area contributed by atoms with E-state index in [1.165, 1.54) is 5.32 Å². The van der Waals surface area contributed by atoms with E-state index in [-0.39, 0.29) is 0 Å². The highest BCUT2D eigenvalue weighted by atomic mass is 19.4. The molecule has 0 radical (unpaired) electrons. The molecule has 0 bridgehead atoms. The van der Waals surface area contributed by atoms with Crippen molar-refractivity contribution in [2.24, 2.45) is 0 Å². The van der Waals surface area contributed by atoms with Crippen molar-refractivity contribution in [3.63, 3.8) is 0 Å². The Labute approximate surface area is 83.2 Å². The number of esters is 1. The highest BCUT2D eigenvalue weighted by Crippen LogP contribution is 2.15. The largest absolute Gasteiger partial charge is 0.471 e. The number of ether oxygens (including phenoxy) is 1. The van der Waals surface area contributed by atoms with E-state index in [4.69, 9.17) is 5.11 Å². The molecule has 0 saturated heterocycles. The molecule has 2 unspecified atom stereocenters. The lowest BCUT2D eigenvalue weighted by atomic mass is 10.2. The average molecular weight is 229 g/mol. The first-order chi connectivity index (χ1) is 6.70. The molecule has 0 spiro atoms. The van der Waals surface area contributed by atoms with Gasteiger partial charge in [-0.3, -0.25) is 4.79 Å². The third kappa shape index (κ3) is 4.15. The van der Waals surface area contributed by atoms with Crippen LogP contribution in [0.15, 0.2) is 0 Å². The van der Waals surface area contributed by atoms with Gasteiger partial charge in [0.1, 0.15) is 0 Å². The molecule has 0 aliphatic rings. The molecule has 0 aliphatic heterocycles. The molecule has 0 aromatic heterocycles. The van der Waals surface area contributed by atoms with Gasteiger partial charge in [-0.1, -0.05) is 0 Å². The van der Waals surface area contributed by atoms with E-state index in [2.05, 4.69) is 4.74 Å². The summed E-state index contributed by atoms with van der Waals surface area (Å²) >= 11 is 0. The van der Waals surface area contributed by atoms with Crippen molar-refractivity contribution in [1.29, 1.82) is 0 Å². The summed E-state index contributed by atoms with van der Waals surface area (Å²) in [5.74, 6) is -3.46. The summed E-state index contributed by atoms with van der Waals surface area (Å²) < 4.78 is 39.5. The van der Waals surface area contributed by atoms with Crippen LogP contribution in [-0.2, 0) is 14.3 Å². The Morgan fingerprint density at radius 3 is 2.13 bits per heavy atom. The number of carbonyl (C=O) groups excluding carboxylic acids is 2. The van der Waals surface area contributed by atoms with Crippen molar-refractivity contribution in [3.05, 3.63) is 0 Å². The van der Waals surface area contributed by atoms with Crippen molar-refractivity contribution >= 4 is 11.9 Å². The predicted octanol–water partition coefficient (Wildman–Crippen LogP) is -0.413. The molecule has 2 atom stereocenters. The monoisotopic (exact) mass is 229 g/mol. The van der Waals surface area contributed by atoms with E-state index in [9.17, 15) is 22.8 Å². The number of aliphatic hydroxyl groups excluding tert-OH is 1. The van der Waals surface area contributed by atoms with E-state index in [1.54, 1.807) is 0 Å². The van der Waals surface area contributed by atoms with E-state index >= 15 is 0 Å². The van der Waals surface area contributed by atoms with Gasteiger partial charge in [0.2, 0.25) is 0 Å². The smallest absolute Gasteiger partial charge is 0.467 e. The van der Waals surface area contributed by atoms with Gasteiger partial charge in [-0.2, -0.15) is 13.2 Å². The number of hydrogen-bond acceptors (Lipinski definition) is 4. The zero-order chi connectivity index (χ0) is 12.2. The Hall–Kier alpha value is -1.31. The van der Waals surface area contributed by atoms with Crippen LogP contribution in [0.4, 0.5) is 13.2 Å². The van der Waals surface area contributed by atoms with E-state index in [0.29, 0.717) is 0 Å². The summed E-state index contributed by atoms with van der Waals surface area (Å²) in [7, 11) is 0.928. The van der Waals surface area contributed by atoms with E-state index in [1.807, 2.05) is 0 Å². The lowest BCUT2D eigenvalue weighted by Gasteiger charge is -2.19. The van der Waals surface area contributed by atoms with Crippen molar-refractivity contribution in [2.45, 2.75) is 25.2 Å². The molecule has 0 heterocycles. The van der Waals surface area contributed by atoms with Gasteiger partial charge in [-0.25, -0.2) is 4.79 Å². The highest BCUT2D eigenvalue weighted by Gasteiger charge is 2.41. The molecular formula is C7H10F3NO4. The van der Waals surface area contributed by atoms with Gasteiger partial charge in [0, 0.05) is 0 Å². The van der Waals surface area contributed by atoms with Crippen LogP contribution in [-0.4, -0.2) is 42.4 Å². The third-order valence-corrected chi connectivity index (χ3v) is 1.48. The number of amides is 1. The van der Waals surface area contributed by atoms with Crippen molar-refractivity contribution in [3.8, 4) is 0 Å². The first kappa shape index (κ1) is 13.7. The molecule has 0 rings (SSSR count). The van der Waals surface area contributed by atoms with Crippen LogP contribution in [0.2, 0.25) is 0 Å². The molecule has 5 nitrogen and oxygen atoms in total. The van der Waals surface area contributed by atoms with Gasteiger partial charge in [-0.05, 0) is 6.92 Å². The van der Waals surface area contributed by atoms with Gasteiger partial charge in [0.05, 0.1) is 13.2 Å². The molecule has 0 fully saturated rings. The minimum atomic E-state index is -5.11. The van der Waals surface area contributed by atoms with Gasteiger partial charge >= 0.3 is 18.1 Å². The number of carbonyl (C=O) groups is 2. The number of nitrogens with one attached hydrogen (secondary N) is 1. The Bertz CT molecular complexity index is 251. The maximum atomic E-state index is 11.8. The maximum absolute atomic E-state index is 11.8. The van der Waals surface area contributed by atoms with Gasteiger partial charge in [0.15, 0.2) is 6.04 Å². The second kappa shape index (κ2) is 4.96. The standard InChI is InChI=1S/C7H10F3NO4/c1-3(12)4(5(13)15-2)11-6(14)7(8,9)10/h3-4,12H,1-2H3,(H,11,14). The molecule has 0 saturated carbocycles. The summed E-state index contributed by atoms with van der Waals surface area (Å²) in [6, 6.07) is -1.73. The van der Waals surface area contributed by atoms with Crippen LogP contribution in [0.25, 0.3) is 0 Å². The molecule has 0 aromatic rings. The highest BCUT2D eigenvalue weighted by molar-refractivity contribution is 5.87. The van der Waals surface area contributed by atoms with Crippen molar-refractivity contribution in [1.82, 2.24) is 5.32 Å². The van der Waals surface area contributed by atoms with Crippen molar-refractivity contribution in [2.75, 3.05) is 7.11 Å². The molecule has 1 amide bonds. The minimum Gasteiger partial charge on any atom is -0.467 e. The Kier molecular flexibility index (Phi) is 4.53. The number of alkyl halides is 3. The number of halogens is 3. The predicted molar refractivity (Wildman–Crippen MR) is 41.7 cm³/mol. The lowest BCUT2D eigenvalue weighted by Crippen LogP contribution is -2.52. The summed E-state index contributed by atoms with van der Waals surface area (Å²) in [5.41, 5.74) is 0. The molecule has 15 heavy (non-hydrogen) atoms. The fourth-order valence-corrected chi connectivity index (χ4v) is 0.727. The average Bonchev–Trinajstić information content (AvgIpc) is 2.10. The fourth-order valence-electron chi connectivity index (χ4n) is 0.727. The lowest BCUT2D eigenvalue weighted by molar-refractivity contribution is -0.176. The SMILES string of the molecule is COC(=O)C(NC(=O)C(F)(F)F)C(C)O. The Morgan fingerprint density at radius 2 is 1.87 bits per heavy atom. The number of aliphatic hydroxyl groups is 1. The Morgan fingerprint density at radius 1 is 1.40 bits per heavy atom. The van der Waals surface area contributed by atoms with Gasteiger partial charge < -0.3 is 15.2 Å². The summed E-state index contributed by atoms with van der Waals surface area (Å²) in [6.07, 6.45) is -6.59. The Balaban J connectivity index is 4.57. The maximum Gasteiger partial charge on any atom is 0.471 e. The molecule has 8 heteroatoms. The number of rotatable bonds is 3. The van der Waals surface area contributed by atoms with Crippen LogP contribution in [0.3, 0.4) is 0 Å². The first-order valence-electron chi connectivity index (χ1n) is 3.83. The third-order valence-electron chi connectivity index (χ3n) is 1.48. The van der Waals surface area contributed by atoms with Gasteiger partial charge in [-0.15, -0.1) is 0 Å². The van der Waals surface area contributed by atoms with Gasteiger partial charge in [0.25, 0.3) is 0 Å². The summed E-state index contributed by atoms with van der Waals surface area (Å²) in [6.45, 7) is 1.05. The van der Waals surface area contributed by atoms with Crippen LogP contribution < -0.4 is 5.32 Å². The van der Waals surface area contributed by atoms with Crippen LogP contribution in [0.1, 0.15) is 6.92 Å². The summed E-state index contributed by atoms with van der Waals surface area (Å²) in [4.78, 5) is 21.3. The van der Waals surface area contributed by atoms with Crippen LogP contribution >= 0.6 is 0 Å². The van der Waals surface area contributed by atoms with E-state index in [0.717, 1.165) is 14.0 Å². The number of methoxy groups -OCH3 is 1. The second-order valence-corrected chi connectivity index (χ2v) is 2.71. The molecular weight excluding hydrogens is 219 g/mol. The minimum absolute atomic E-state index is 0.928. The fraction of sp³-hybridized carbons (Fsp3) is 0.714. The van der Waals surface area contributed by atoms with E-state index < -0.39 is 30.2 Å². The normalized spacial score (nSPS) is 15.3. The zero-order valence-electron chi connectivity index (χ0n) is 7.96.